The summed E-state index contributed by atoms with van der Waals surface area (Å²) in [5, 5.41) is 15.1. The van der Waals surface area contributed by atoms with Crippen molar-refractivity contribution in [2.75, 3.05) is 17.6 Å². The number of aromatic nitrogens is 2. The van der Waals surface area contributed by atoms with Gasteiger partial charge in [0, 0.05) is 24.8 Å². The minimum Gasteiger partial charge on any atom is -0.357 e. The predicted molar refractivity (Wildman–Crippen MR) is 89.0 cm³/mol. The standard InChI is InChI=1S/C14H22N4OS2/c1-2-9-15-13-17-18-14(21-13)20-10-8-12(19)16-11-6-4-3-5-7-11/h2,11H,1,3-10H2,(H,15,17)(H,16,19). The normalized spacial score (nSPS) is 15.6. The molecule has 1 saturated carbocycles. The molecule has 0 saturated heterocycles. The van der Waals surface area contributed by atoms with Crippen molar-refractivity contribution < 1.29 is 4.79 Å². The van der Waals surface area contributed by atoms with E-state index in [0.717, 1.165) is 28.1 Å². The van der Waals surface area contributed by atoms with Crippen LogP contribution in [-0.2, 0) is 4.79 Å². The number of anilines is 1. The Labute approximate surface area is 134 Å². The molecule has 116 valence electrons. The van der Waals surface area contributed by atoms with Gasteiger partial charge in [-0.2, -0.15) is 0 Å². The van der Waals surface area contributed by atoms with Gasteiger partial charge in [-0.1, -0.05) is 48.4 Å². The van der Waals surface area contributed by atoms with E-state index in [9.17, 15) is 4.79 Å². The quantitative estimate of drug-likeness (QED) is 0.568. The van der Waals surface area contributed by atoms with Gasteiger partial charge in [0.1, 0.15) is 0 Å². The zero-order valence-electron chi connectivity index (χ0n) is 12.1. The Morgan fingerprint density at radius 1 is 1.38 bits per heavy atom. The SMILES string of the molecule is C=CCNc1nnc(SCCC(=O)NC2CCCCC2)s1. The van der Waals surface area contributed by atoms with Gasteiger partial charge < -0.3 is 10.6 Å². The van der Waals surface area contributed by atoms with E-state index in [-0.39, 0.29) is 5.91 Å². The van der Waals surface area contributed by atoms with Gasteiger partial charge in [0.2, 0.25) is 11.0 Å². The van der Waals surface area contributed by atoms with Crippen LogP contribution < -0.4 is 10.6 Å². The number of amides is 1. The average Bonchev–Trinajstić information content (AvgIpc) is 2.94. The third kappa shape index (κ3) is 6.05. The number of nitrogens with one attached hydrogen (secondary N) is 2. The van der Waals surface area contributed by atoms with Crippen molar-refractivity contribution in [2.24, 2.45) is 0 Å². The van der Waals surface area contributed by atoms with Crippen LogP contribution in [0.15, 0.2) is 17.0 Å². The fourth-order valence-electron chi connectivity index (χ4n) is 2.28. The number of hydrogen-bond donors (Lipinski definition) is 2. The largest absolute Gasteiger partial charge is 0.357 e. The summed E-state index contributed by atoms with van der Waals surface area (Å²) in [6.45, 7) is 4.33. The Morgan fingerprint density at radius 2 is 2.19 bits per heavy atom. The zero-order valence-corrected chi connectivity index (χ0v) is 13.8. The van der Waals surface area contributed by atoms with Crippen molar-refractivity contribution in [3.05, 3.63) is 12.7 Å². The molecule has 2 rings (SSSR count). The first-order valence-electron chi connectivity index (χ1n) is 7.38. The number of rotatable bonds is 8. The molecule has 0 aromatic carbocycles. The molecule has 5 nitrogen and oxygen atoms in total. The van der Waals surface area contributed by atoms with E-state index < -0.39 is 0 Å². The lowest BCUT2D eigenvalue weighted by atomic mass is 9.95. The first kappa shape index (κ1) is 16.3. The van der Waals surface area contributed by atoms with Crippen LogP contribution in [-0.4, -0.2) is 34.4 Å². The van der Waals surface area contributed by atoms with Gasteiger partial charge in [-0.05, 0) is 12.8 Å². The van der Waals surface area contributed by atoms with Crippen LogP contribution in [0, 0.1) is 0 Å². The molecule has 1 aromatic rings. The first-order valence-corrected chi connectivity index (χ1v) is 9.18. The monoisotopic (exact) mass is 326 g/mol. The third-order valence-corrected chi connectivity index (χ3v) is 5.35. The van der Waals surface area contributed by atoms with Crippen molar-refractivity contribution in [1.82, 2.24) is 15.5 Å². The topological polar surface area (TPSA) is 66.9 Å². The third-order valence-electron chi connectivity index (χ3n) is 3.33. The van der Waals surface area contributed by atoms with Crippen molar-refractivity contribution in [1.29, 1.82) is 0 Å². The second kappa shape index (κ2) is 9.04. The van der Waals surface area contributed by atoms with E-state index in [1.54, 1.807) is 17.8 Å². The van der Waals surface area contributed by atoms with Gasteiger partial charge in [0.15, 0.2) is 4.34 Å². The fraction of sp³-hybridized carbons (Fsp3) is 0.643. The number of hydrogen-bond acceptors (Lipinski definition) is 6. The lowest BCUT2D eigenvalue weighted by molar-refractivity contribution is -0.121. The van der Waals surface area contributed by atoms with E-state index >= 15 is 0 Å². The molecule has 0 atom stereocenters. The Bertz CT molecular complexity index is 458. The van der Waals surface area contributed by atoms with E-state index in [0.29, 0.717) is 19.0 Å². The fourth-order valence-corrected chi connectivity index (χ4v) is 4.04. The highest BCUT2D eigenvalue weighted by molar-refractivity contribution is 8.01. The molecule has 0 radical (unpaired) electrons. The second-order valence-corrected chi connectivity index (χ2v) is 7.36. The maximum atomic E-state index is 11.9. The number of carbonyl (C=O) groups is 1. The second-order valence-electron chi connectivity index (χ2n) is 5.04. The number of nitrogens with zero attached hydrogens (tertiary/aromatic N) is 2. The molecular formula is C14H22N4OS2. The van der Waals surface area contributed by atoms with Gasteiger partial charge in [-0.3, -0.25) is 4.79 Å². The predicted octanol–water partition coefficient (Wildman–Crippen LogP) is 3.07. The lowest BCUT2D eigenvalue weighted by Crippen LogP contribution is -2.36. The van der Waals surface area contributed by atoms with Crippen LogP contribution in [0.2, 0.25) is 0 Å². The average molecular weight is 326 g/mol. The summed E-state index contributed by atoms with van der Waals surface area (Å²) < 4.78 is 0.895. The molecule has 0 bridgehead atoms. The van der Waals surface area contributed by atoms with Crippen LogP contribution >= 0.6 is 23.1 Å². The lowest BCUT2D eigenvalue weighted by Gasteiger charge is -2.22. The molecule has 1 heterocycles. The summed E-state index contributed by atoms with van der Waals surface area (Å²) in [6.07, 6.45) is 8.37. The van der Waals surface area contributed by atoms with E-state index in [4.69, 9.17) is 0 Å². The summed E-state index contributed by atoms with van der Waals surface area (Å²) in [6, 6.07) is 0.396. The molecule has 1 amide bonds. The highest BCUT2D eigenvalue weighted by Crippen LogP contribution is 2.25. The Morgan fingerprint density at radius 3 is 2.95 bits per heavy atom. The van der Waals surface area contributed by atoms with Crippen molar-refractivity contribution in [2.45, 2.75) is 48.9 Å². The minimum absolute atomic E-state index is 0.156. The molecule has 1 aliphatic carbocycles. The van der Waals surface area contributed by atoms with Crippen LogP contribution in [0.4, 0.5) is 5.13 Å². The van der Waals surface area contributed by atoms with Gasteiger partial charge in [-0.25, -0.2) is 0 Å². The molecule has 7 heteroatoms. The molecule has 1 aromatic heterocycles. The van der Waals surface area contributed by atoms with Crippen molar-refractivity contribution in [3.63, 3.8) is 0 Å². The molecule has 1 fully saturated rings. The summed E-state index contributed by atoms with van der Waals surface area (Å²) >= 11 is 3.09. The molecule has 0 aliphatic heterocycles. The first-order chi connectivity index (χ1) is 10.3. The summed E-state index contributed by atoms with van der Waals surface area (Å²) in [4.78, 5) is 11.9. The summed E-state index contributed by atoms with van der Waals surface area (Å²) in [5.41, 5.74) is 0. The van der Waals surface area contributed by atoms with Gasteiger partial charge in [-0.15, -0.1) is 16.8 Å². The minimum atomic E-state index is 0.156. The van der Waals surface area contributed by atoms with Gasteiger partial charge >= 0.3 is 0 Å². The molecule has 21 heavy (non-hydrogen) atoms. The summed E-state index contributed by atoms with van der Waals surface area (Å²) in [7, 11) is 0. The Kier molecular flexibility index (Phi) is 7.02. The van der Waals surface area contributed by atoms with E-state index in [1.807, 2.05) is 0 Å². The molecule has 0 spiro atoms. The van der Waals surface area contributed by atoms with Crippen LogP contribution in [0.5, 0.6) is 0 Å². The van der Waals surface area contributed by atoms with E-state index in [2.05, 4.69) is 27.4 Å². The maximum Gasteiger partial charge on any atom is 0.221 e. The van der Waals surface area contributed by atoms with E-state index in [1.165, 1.54) is 30.6 Å². The molecule has 0 unspecified atom stereocenters. The van der Waals surface area contributed by atoms with Crippen LogP contribution in [0.3, 0.4) is 0 Å². The van der Waals surface area contributed by atoms with Crippen molar-refractivity contribution in [3.8, 4) is 0 Å². The van der Waals surface area contributed by atoms with Crippen LogP contribution in [0.1, 0.15) is 38.5 Å². The molecule has 2 N–H and O–H groups in total. The zero-order chi connectivity index (χ0) is 14.9. The number of carbonyl (C=O) groups excluding carboxylic acids is 1. The van der Waals surface area contributed by atoms with Gasteiger partial charge in [0.05, 0.1) is 0 Å². The molecule has 1 aliphatic rings. The highest BCUT2D eigenvalue weighted by atomic mass is 32.2. The smallest absolute Gasteiger partial charge is 0.221 e. The van der Waals surface area contributed by atoms with Crippen LogP contribution in [0.25, 0.3) is 0 Å². The Balaban J connectivity index is 1.62. The summed E-state index contributed by atoms with van der Waals surface area (Å²) in [5.74, 6) is 0.901. The Hall–Kier alpha value is -1.08. The number of thioether (sulfide) groups is 1. The highest BCUT2D eigenvalue weighted by Gasteiger charge is 2.15. The van der Waals surface area contributed by atoms with Gasteiger partial charge in [0.25, 0.3) is 0 Å². The maximum absolute atomic E-state index is 11.9. The van der Waals surface area contributed by atoms with Crippen molar-refractivity contribution >= 4 is 34.1 Å². The molecular weight excluding hydrogens is 304 g/mol.